The fraction of sp³-hybridized carbons (Fsp3) is 0.467. The number of nitrogens with zero attached hydrogens (tertiary/aromatic N) is 1. The molecular weight excluding hydrogens is 238 g/mol. The summed E-state index contributed by atoms with van der Waals surface area (Å²) in [7, 11) is 0. The van der Waals surface area contributed by atoms with Crippen LogP contribution in [-0.4, -0.2) is 23.5 Å². The number of hydrogen-bond acceptors (Lipinski definition) is 3. The van der Waals surface area contributed by atoms with Crippen molar-refractivity contribution in [2.24, 2.45) is 11.7 Å². The van der Waals surface area contributed by atoms with E-state index >= 15 is 0 Å². The Labute approximate surface area is 113 Å². The van der Waals surface area contributed by atoms with Crippen molar-refractivity contribution in [2.75, 3.05) is 6.54 Å². The molecule has 0 aromatic carbocycles. The number of nitrogens with two attached hydrogens (primary N) is 1. The summed E-state index contributed by atoms with van der Waals surface area (Å²) in [6.07, 6.45) is 6.66. The van der Waals surface area contributed by atoms with Gasteiger partial charge in [-0.3, -0.25) is 9.78 Å². The van der Waals surface area contributed by atoms with E-state index in [1.54, 1.807) is 18.5 Å². The second-order valence-corrected chi connectivity index (χ2v) is 4.83. The van der Waals surface area contributed by atoms with Crippen LogP contribution < -0.4 is 11.1 Å². The lowest BCUT2D eigenvalue weighted by Crippen LogP contribution is -2.27. The zero-order chi connectivity index (χ0) is 13.7. The van der Waals surface area contributed by atoms with Gasteiger partial charge in [-0.05, 0) is 24.8 Å². The third-order valence-corrected chi connectivity index (χ3v) is 3.23. The summed E-state index contributed by atoms with van der Waals surface area (Å²) in [6.45, 7) is 2.47. The van der Waals surface area contributed by atoms with E-state index in [0.29, 0.717) is 24.1 Å². The first-order valence-corrected chi connectivity index (χ1v) is 6.69. The minimum Gasteiger partial charge on any atom is -0.349 e. The molecule has 1 saturated carbocycles. The molecule has 0 bridgehead atoms. The van der Waals surface area contributed by atoms with E-state index in [1.165, 1.54) is 12.8 Å². The Morgan fingerprint density at radius 2 is 2.42 bits per heavy atom. The van der Waals surface area contributed by atoms with Gasteiger partial charge in [0.15, 0.2) is 0 Å². The third-order valence-electron chi connectivity index (χ3n) is 3.23. The van der Waals surface area contributed by atoms with Gasteiger partial charge in [0.1, 0.15) is 0 Å². The summed E-state index contributed by atoms with van der Waals surface area (Å²) in [5, 5.41) is 3.04. The highest BCUT2D eigenvalue weighted by Crippen LogP contribution is 2.34. The molecule has 1 aromatic rings. The van der Waals surface area contributed by atoms with E-state index in [-0.39, 0.29) is 5.91 Å². The smallest absolute Gasteiger partial charge is 0.253 e. The summed E-state index contributed by atoms with van der Waals surface area (Å²) < 4.78 is 0. The average Bonchev–Trinajstić information content (AvgIpc) is 3.15. The van der Waals surface area contributed by atoms with Crippen molar-refractivity contribution in [1.82, 2.24) is 10.3 Å². The van der Waals surface area contributed by atoms with E-state index in [4.69, 9.17) is 5.73 Å². The van der Waals surface area contributed by atoms with Gasteiger partial charge in [0.25, 0.3) is 5.91 Å². The molecule has 2 atom stereocenters. The Hall–Kier alpha value is -1.86. The molecule has 4 heteroatoms. The van der Waals surface area contributed by atoms with Gasteiger partial charge in [0.05, 0.1) is 12.1 Å². The molecule has 2 rings (SSSR count). The lowest BCUT2D eigenvalue weighted by Gasteiger charge is -2.04. The van der Waals surface area contributed by atoms with Gasteiger partial charge < -0.3 is 11.1 Å². The summed E-state index contributed by atoms with van der Waals surface area (Å²) in [5.74, 6) is 6.23. The minimum atomic E-state index is -0.0625. The number of carbonyl (C=O) groups excluding carboxylic acids is 1. The van der Waals surface area contributed by atoms with Gasteiger partial charge in [-0.15, -0.1) is 0 Å². The van der Waals surface area contributed by atoms with Crippen molar-refractivity contribution in [3.63, 3.8) is 0 Å². The Kier molecular flexibility index (Phi) is 4.53. The summed E-state index contributed by atoms with van der Waals surface area (Å²) in [6, 6.07) is 2.09. The molecule has 0 saturated heterocycles. The van der Waals surface area contributed by atoms with Crippen molar-refractivity contribution in [3.8, 4) is 11.8 Å². The largest absolute Gasteiger partial charge is 0.349 e. The van der Waals surface area contributed by atoms with Gasteiger partial charge >= 0.3 is 0 Å². The Morgan fingerprint density at radius 3 is 3.16 bits per heavy atom. The normalized spacial score (nSPS) is 20.3. The first-order valence-electron chi connectivity index (χ1n) is 6.69. The van der Waals surface area contributed by atoms with Crippen LogP contribution in [0.5, 0.6) is 0 Å². The number of hydrogen-bond donors (Lipinski definition) is 2. The second kappa shape index (κ2) is 6.35. The monoisotopic (exact) mass is 257 g/mol. The summed E-state index contributed by atoms with van der Waals surface area (Å²) in [5.41, 5.74) is 6.60. The predicted octanol–water partition coefficient (Wildman–Crippen LogP) is 1.31. The molecule has 19 heavy (non-hydrogen) atoms. The number of rotatable bonds is 4. The van der Waals surface area contributed by atoms with Crippen molar-refractivity contribution >= 4 is 5.91 Å². The molecule has 1 aliphatic carbocycles. The highest BCUT2D eigenvalue weighted by Gasteiger charge is 2.37. The molecule has 1 aliphatic rings. The standard InChI is InChI=1S/C15H19N3O/c1-2-4-12-8-14(12)18-15(19)13-7-11(5-3-6-16)9-17-10-13/h7,9-10,12,14H,2,4,6,8,16H2,1H3,(H,18,19). The van der Waals surface area contributed by atoms with Crippen LogP contribution in [0.1, 0.15) is 42.1 Å². The van der Waals surface area contributed by atoms with Gasteiger partial charge in [0.2, 0.25) is 0 Å². The summed E-state index contributed by atoms with van der Waals surface area (Å²) in [4.78, 5) is 16.1. The molecule has 4 nitrogen and oxygen atoms in total. The predicted molar refractivity (Wildman–Crippen MR) is 74.4 cm³/mol. The maximum Gasteiger partial charge on any atom is 0.253 e. The van der Waals surface area contributed by atoms with Crippen LogP contribution in [0.2, 0.25) is 0 Å². The van der Waals surface area contributed by atoms with Crippen LogP contribution in [0.4, 0.5) is 0 Å². The molecule has 0 aliphatic heterocycles. The van der Waals surface area contributed by atoms with Crippen LogP contribution in [0, 0.1) is 17.8 Å². The number of nitrogens with one attached hydrogen (secondary N) is 1. The van der Waals surface area contributed by atoms with Crippen LogP contribution in [0.25, 0.3) is 0 Å². The van der Waals surface area contributed by atoms with Crippen LogP contribution in [0.3, 0.4) is 0 Å². The SMILES string of the molecule is CCCC1CC1NC(=O)c1cncc(C#CCN)c1. The zero-order valence-electron chi connectivity index (χ0n) is 11.1. The maximum atomic E-state index is 12.0. The van der Waals surface area contributed by atoms with Crippen LogP contribution in [0.15, 0.2) is 18.5 Å². The lowest BCUT2D eigenvalue weighted by molar-refractivity contribution is 0.0948. The Morgan fingerprint density at radius 1 is 1.58 bits per heavy atom. The molecule has 0 spiro atoms. The molecule has 1 aromatic heterocycles. The summed E-state index contributed by atoms with van der Waals surface area (Å²) >= 11 is 0. The van der Waals surface area contributed by atoms with Crippen molar-refractivity contribution in [1.29, 1.82) is 0 Å². The Balaban J connectivity index is 1.96. The van der Waals surface area contributed by atoms with Crippen LogP contribution in [-0.2, 0) is 0 Å². The van der Waals surface area contributed by atoms with E-state index in [2.05, 4.69) is 29.1 Å². The zero-order valence-corrected chi connectivity index (χ0v) is 11.1. The van der Waals surface area contributed by atoms with Gasteiger partial charge in [-0.1, -0.05) is 25.2 Å². The molecule has 1 heterocycles. The van der Waals surface area contributed by atoms with E-state index < -0.39 is 0 Å². The number of amides is 1. The molecule has 3 N–H and O–H groups in total. The second-order valence-electron chi connectivity index (χ2n) is 4.83. The fourth-order valence-corrected chi connectivity index (χ4v) is 2.15. The number of pyridine rings is 1. The molecule has 1 amide bonds. The fourth-order valence-electron chi connectivity index (χ4n) is 2.15. The van der Waals surface area contributed by atoms with Gasteiger partial charge in [-0.2, -0.15) is 0 Å². The van der Waals surface area contributed by atoms with E-state index in [1.807, 2.05) is 0 Å². The Bertz CT molecular complexity index is 516. The minimum absolute atomic E-state index is 0.0625. The van der Waals surface area contributed by atoms with E-state index in [9.17, 15) is 4.79 Å². The van der Waals surface area contributed by atoms with Gasteiger partial charge in [-0.25, -0.2) is 0 Å². The highest BCUT2D eigenvalue weighted by molar-refractivity contribution is 5.94. The lowest BCUT2D eigenvalue weighted by atomic mass is 10.2. The van der Waals surface area contributed by atoms with Crippen LogP contribution >= 0.6 is 0 Å². The van der Waals surface area contributed by atoms with Crippen molar-refractivity contribution < 1.29 is 4.79 Å². The molecule has 100 valence electrons. The molecular formula is C15H19N3O. The molecule has 1 fully saturated rings. The topological polar surface area (TPSA) is 68.0 Å². The molecule has 0 radical (unpaired) electrons. The average molecular weight is 257 g/mol. The van der Waals surface area contributed by atoms with E-state index in [0.717, 1.165) is 12.0 Å². The number of carbonyl (C=O) groups is 1. The van der Waals surface area contributed by atoms with Gasteiger partial charge in [0, 0.05) is 24.0 Å². The molecule has 2 unspecified atom stereocenters. The van der Waals surface area contributed by atoms with Crippen molar-refractivity contribution in [2.45, 2.75) is 32.2 Å². The number of aromatic nitrogens is 1. The first-order chi connectivity index (χ1) is 9.24. The van der Waals surface area contributed by atoms with Crippen molar-refractivity contribution in [3.05, 3.63) is 29.6 Å². The highest BCUT2D eigenvalue weighted by atomic mass is 16.1. The maximum absolute atomic E-state index is 12.0. The quantitative estimate of drug-likeness (QED) is 0.799. The first kappa shape index (κ1) is 13.6. The third kappa shape index (κ3) is 3.80.